The van der Waals surface area contributed by atoms with Crippen molar-refractivity contribution < 1.29 is 0 Å². The van der Waals surface area contributed by atoms with Crippen molar-refractivity contribution in [1.82, 2.24) is 5.32 Å². The molecule has 1 rings (SSSR count). The topological polar surface area (TPSA) is 38.0 Å². The summed E-state index contributed by atoms with van der Waals surface area (Å²) in [6.45, 7) is 9.51. The molecule has 1 atom stereocenters. The summed E-state index contributed by atoms with van der Waals surface area (Å²) in [5.41, 5.74) is 8.58. The predicted octanol–water partition coefficient (Wildman–Crippen LogP) is 2.61. The van der Waals surface area contributed by atoms with Crippen LogP contribution in [0.5, 0.6) is 0 Å². The Bertz CT molecular complexity index is 316. The van der Waals surface area contributed by atoms with E-state index >= 15 is 0 Å². The first-order chi connectivity index (χ1) is 8.67. The summed E-state index contributed by atoms with van der Waals surface area (Å²) in [6.07, 6.45) is 2.21. The Morgan fingerprint density at radius 2 is 1.72 bits per heavy atom. The fourth-order valence-electron chi connectivity index (χ4n) is 2.05. The van der Waals surface area contributed by atoms with Crippen molar-refractivity contribution in [1.29, 1.82) is 0 Å². The van der Waals surface area contributed by atoms with Crippen LogP contribution in [0.25, 0.3) is 0 Å². The molecule has 0 saturated carbocycles. The molecule has 0 aliphatic carbocycles. The van der Waals surface area contributed by atoms with Crippen molar-refractivity contribution in [3.8, 4) is 0 Å². The molecule has 0 radical (unpaired) electrons. The van der Waals surface area contributed by atoms with Gasteiger partial charge in [0.05, 0.1) is 0 Å². The van der Waals surface area contributed by atoms with Crippen LogP contribution < -0.4 is 11.1 Å². The van der Waals surface area contributed by atoms with Crippen LogP contribution in [0.1, 0.15) is 31.9 Å². The minimum Gasteiger partial charge on any atom is -0.330 e. The molecule has 0 fully saturated rings. The molecule has 102 valence electrons. The molecule has 1 aromatic carbocycles. The number of nitrogens with one attached hydrogen (secondary N) is 1. The summed E-state index contributed by atoms with van der Waals surface area (Å²) >= 11 is 0. The van der Waals surface area contributed by atoms with Gasteiger partial charge in [0.15, 0.2) is 0 Å². The molecule has 1 aromatic rings. The molecule has 2 heteroatoms. The molecule has 0 aromatic heterocycles. The van der Waals surface area contributed by atoms with E-state index < -0.39 is 0 Å². The quantitative estimate of drug-likeness (QED) is 0.694. The van der Waals surface area contributed by atoms with Crippen molar-refractivity contribution >= 4 is 0 Å². The molecule has 0 aliphatic heterocycles. The van der Waals surface area contributed by atoms with Gasteiger partial charge in [-0.05, 0) is 55.4 Å². The van der Waals surface area contributed by atoms with Crippen molar-refractivity contribution in [3.05, 3.63) is 35.4 Å². The van der Waals surface area contributed by atoms with E-state index in [1.165, 1.54) is 11.1 Å². The Morgan fingerprint density at radius 1 is 1.11 bits per heavy atom. The van der Waals surface area contributed by atoms with Crippen LogP contribution >= 0.6 is 0 Å². The van der Waals surface area contributed by atoms with Gasteiger partial charge in [0.1, 0.15) is 0 Å². The number of benzene rings is 1. The normalized spacial score (nSPS) is 12.9. The predicted molar refractivity (Wildman–Crippen MR) is 79.8 cm³/mol. The summed E-state index contributed by atoms with van der Waals surface area (Å²) in [4.78, 5) is 0. The third-order valence-electron chi connectivity index (χ3n) is 3.67. The lowest BCUT2D eigenvalue weighted by Gasteiger charge is -2.19. The Balaban J connectivity index is 2.24. The Labute approximate surface area is 112 Å². The molecule has 3 N–H and O–H groups in total. The lowest BCUT2D eigenvalue weighted by Crippen LogP contribution is -2.32. The van der Waals surface area contributed by atoms with Crippen LogP contribution in [0.4, 0.5) is 0 Å². The van der Waals surface area contributed by atoms with Gasteiger partial charge < -0.3 is 11.1 Å². The van der Waals surface area contributed by atoms with Crippen LogP contribution in [-0.2, 0) is 12.8 Å². The molecule has 0 aliphatic rings. The highest BCUT2D eigenvalue weighted by atomic mass is 14.9. The smallest absolute Gasteiger partial charge is 0.000588 e. The molecule has 0 heterocycles. The summed E-state index contributed by atoms with van der Waals surface area (Å²) in [6, 6.07) is 8.94. The lowest BCUT2D eigenvalue weighted by atomic mass is 9.96. The van der Waals surface area contributed by atoms with E-state index in [0.717, 1.165) is 32.5 Å². The minimum atomic E-state index is 0.590. The lowest BCUT2D eigenvalue weighted by molar-refractivity contribution is 0.372. The summed E-state index contributed by atoms with van der Waals surface area (Å²) in [5.74, 6) is 1.25. The van der Waals surface area contributed by atoms with Gasteiger partial charge in [0.2, 0.25) is 0 Å². The number of nitrogens with two attached hydrogens (primary N) is 1. The third-order valence-corrected chi connectivity index (χ3v) is 3.67. The van der Waals surface area contributed by atoms with Gasteiger partial charge in [-0.2, -0.15) is 0 Å². The molecule has 1 unspecified atom stereocenters. The van der Waals surface area contributed by atoms with Crippen LogP contribution in [0.15, 0.2) is 24.3 Å². The highest BCUT2D eigenvalue weighted by Gasteiger charge is 2.10. The first-order valence-electron chi connectivity index (χ1n) is 7.16. The van der Waals surface area contributed by atoms with E-state index in [-0.39, 0.29) is 0 Å². The molecule has 0 spiro atoms. The zero-order valence-corrected chi connectivity index (χ0v) is 12.1. The third kappa shape index (κ3) is 5.19. The highest BCUT2D eigenvalue weighted by Crippen LogP contribution is 2.08. The second kappa shape index (κ2) is 8.28. The average Bonchev–Trinajstić information content (AvgIpc) is 2.39. The van der Waals surface area contributed by atoms with Crippen LogP contribution in [0.3, 0.4) is 0 Å². The SMILES string of the molecule is CCc1ccc(CCNCC(CN)C(C)C)cc1. The van der Waals surface area contributed by atoms with E-state index in [0.29, 0.717) is 11.8 Å². The van der Waals surface area contributed by atoms with Crippen LogP contribution in [0, 0.1) is 11.8 Å². The van der Waals surface area contributed by atoms with Crippen molar-refractivity contribution in [3.63, 3.8) is 0 Å². The molecule has 0 saturated heterocycles. The van der Waals surface area contributed by atoms with Gasteiger partial charge in [-0.25, -0.2) is 0 Å². The van der Waals surface area contributed by atoms with Gasteiger partial charge >= 0.3 is 0 Å². The molecule has 0 amide bonds. The summed E-state index contributed by atoms with van der Waals surface area (Å²) in [5, 5.41) is 3.51. The molecule has 18 heavy (non-hydrogen) atoms. The fourth-order valence-corrected chi connectivity index (χ4v) is 2.05. The maximum absolute atomic E-state index is 5.76. The zero-order valence-electron chi connectivity index (χ0n) is 12.1. The van der Waals surface area contributed by atoms with E-state index in [4.69, 9.17) is 5.73 Å². The maximum Gasteiger partial charge on any atom is -0.000588 e. The van der Waals surface area contributed by atoms with E-state index in [9.17, 15) is 0 Å². The minimum absolute atomic E-state index is 0.590. The van der Waals surface area contributed by atoms with E-state index in [1.54, 1.807) is 0 Å². The van der Waals surface area contributed by atoms with Gasteiger partial charge in [-0.1, -0.05) is 45.0 Å². The van der Waals surface area contributed by atoms with E-state index in [1.807, 2.05) is 0 Å². The first-order valence-corrected chi connectivity index (χ1v) is 7.16. The van der Waals surface area contributed by atoms with Gasteiger partial charge in [-0.15, -0.1) is 0 Å². The molecular formula is C16H28N2. The second-order valence-corrected chi connectivity index (χ2v) is 5.36. The van der Waals surface area contributed by atoms with Crippen LogP contribution in [0.2, 0.25) is 0 Å². The van der Waals surface area contributed by atoms with Crippen LogP contribution in [-0.4, -0.2) is 19.6 Å². The van der Waals surface area contributed by atoms with Gasteiger partial charge in [0, 0.05) is 0 Å². The number of hydrogen-bond donors (Lipinski definition) is 2. The highest BCUT2D eigenvalue weighted by molar-refractivity contribution is 5.22. The first kappa shape index (κ1) is 15.2. The Morgan fingerprint density at radius 3 is 2.22 bits per heavy atom. The maximum atomic E-state index is 5.76. The van der Waals surface area contributed by atoms with Crippen molar-refractivity contribution in [2.24, 2.45) is 17.6 Å². The largest absolute Gasteiger partial charge is 0.330 e. The Hall–Kier alpha value is -0.860. The Kier molecular flexibility index (Phi) is 6.99. The number of rotatable bonds is 8. The van der Waals surface area contributed by atoms with Gasteiger partial charge in [0.25, 0.3) is 0 Å². The molecule has 2 nitrogen and oxygen atoms in total. The summed E-state index contributed by atoms with van der Waals surface area (Å²) in [7, 11) is 0. The zero-order chi connectivity index (χ0) is 13.4. The number of hydrogen-bond acceptors (Lipinski definition) is 2. The summed E-state index contributed by atoms with van der Waals surface area (Å²) < 4.78 is 0. The van der Waals surface area contributed by atoms with Gasteiger partial charge in [-0.3, -0.25) is 0 Å². The monoisotopic (exact) mass is 248 g/mol. The van der Waals surface area contributed by atoms with Crippen molar-refractivity contribution in [2.45, 2.75) is 33.6 Å². The second-order valence-electron chi connectivity index (χ2n) is 5.36. The average molecular weight is 248 g/mol. The number of aryl methyl sites for hydroxylation is 1. The fraction of sp³-hybridized carbons (Fsp3) is 0.625. The molecule has 0 bridgehead atoms. The standard InChI is InChI=1S/C16H28N2/c1-4-14-5-7-15(8-6-14)9-10-18-12-16(11-17)13(2)3/h5-8,13,16,18H,4,9-12,17H2,1-3H3. The molecular weight excluding hydrogens is 220 g/mol. The van der Waals surface area contributed by atoms with E-state index in [2.05, 4.69) is 50.4 Å². The van der Waals surface area contributed by atoms with Crippen molar-refractivity contribution in [2.75, 3.05) is 19.6 Å².